The molecule has 0 saturated carbocycles. The third kappa shape index (κ3) is 5.36. The second kappa shape index (κ2) is 12.1. The monoisotopic (exact) mass is 606 g/mol. The molecule has 0 bridgehead atoms. The van der Waals surface area contributed by atoms with Gasteiger partial charge in [0.1, 0.15) is 0 Å². The van der Waals surface area contributed by atoms with Crippen LogP contribution in [0.15, 0.2) is 127 Å². The minimum atomic E-state index is -3.25. The Morgan fingerprint density at radius 2 is 0.568 bits per heavy atom. The Hall–Kier alpha value is -4.17. The van der Waals surface area contributed by atoms with E-state index in [9.17, 15) is 0 Å². The summed E-state index contributed by atoms with van der Waals surface area (Å²) in [6.45, 7) is 13.3. The summed E-state index contributed by atoms with van der Waals surface area (Å²) >= 11 is 8.69. The van der Waals surface area contributed by atoms with E-state index in [0.29, 0.717) is 0 Å². The van der Waals surface area contributed by atoms with Crippen LogP contribution < -0.4 is 15.6 Å². The van der Waals surface area contributed by atoms with Crippen molar-refractivity contribution in [3.63, 3.8) is 0 Å². The van der Waals surface area contributed by atoms with E-state index in [1.165, 1.54) is 82.3 Å². The van der Waals surface area contributed by atoms with Crippen LogP contribution in [-0.4, -0.2) is 7.38 Å². The van der Waals surface area contributed by atoms with Gasteiger partial charge in [-0.2, -0.15) is 0 Å². The Morgan fingerprint density at radius 3 is 0.818 bits per heavy atom. The molecule has 6 rings (SSSR count). The van der Waals surface area contributed by atoms with Gasteiger partial charge in [0.05, 0.1) is 0 Å². The average Bonchev–Trinajstić information content (AvgIpc) is 3.05. The molecule has 44 heavy (non-hydrogen) atoms. The number of aryl methyl sites for hydroxylation is 6. The summed E-state index contributed by atoms with van der Waals surface area (Å²) in [4.78, 5) is 0. The van der Waals surface area contributed by atoms with E-state index in [2.05, 4.69) is 169 Å². The average molecular weight is 607 g/mol. The predicted octanol–water partition coefficient (Wildman–Crippen LogP) is 9.74. The van der Waals surface area contributed by atoms with E-state index in [1.54, 1.807) is 0 Å². The molecule has 0 spiro atoms. The zero-order valence-corrected chi connectivity index (χ0v) is 28.3. The van der Waals surface area contributed by atoms with E-state index in [4.69, 9.17) is 11.1 Å². The van der Waals surface area contributed by atoms with Gasteiger partial charge >= 0.3 is 0 Å². The SMILES string of the molecule is Cc1cc(-c2ccccc2)c([Si](Cl)(c2cc(C)c(C)cc2-c2ccccc2)c2cc(C)c(C)cc2-c2ccccc2)cc1C. The van der Waals surface area contributed by atoms with Gasteiger partial charge in [-0.1, -0.05) is 127 Å². The zero-order chi connectivity index (χ0) is 31.0. The molecule has 0 fully saturated rings. The molecule has 0 aromatic heterocycles. The lowest BCUT2D eigenvalue weighted by Gasteiger charge is -2.34. The van der Waals surface area contributed by atoms with Gasteiger partial charge in [0.2, 0.25) is 7.38 Å². The maximum Gasteiger partial charge on any atom is 0.249 e. The van der Waals surface area contributed by atoms with Crippen LogP contribution in [0.5, 0.6) is 0 Å². The standard InChI is InChI=1S/C42H39ClSi/c1-28-22-37(34-16-10-7-11-17-34)40(25-31(28)4)44(43,41-26-32(5)29(2)23-38(41)35-18-12-8-13-19-35)42-27-33(6)30(3)24-39(42)36-20-14-9-15-21-36/h7-27H,1-6H3. The van der Waals surface area contributed by atoms with Crippen molar-refractivity contribution < 1.29 is 0 Å². The van der Waals surface area contributed by atoms with E-state index >= 15 is 0 Å². The summed E-state index contributed by atoms with van der Waals surface area (Å²) < 4.78 is 0. The molecule has 0 aliphatic carbocycles. The normalized spacial score (nSPS) is 11.5. The summed E-state index contributed by atoms with van der Waals surface area (Å²) in [5, 5.41) is 3.69. The van der Waals surface area contributed by atoms with Crippen molar-refractivity contribution in [2.75, 3.05) is 0 Å². The second-order valence-corrected chi connectivity index (χ2v) is 16.8. The Bertz CT molecular complexity index is 1730. The van der Waals surface area contributed by atoms with Crippen LogP contribution in [0.1, 0.15) is 33.4 Å². The molecular formula is C42H39ClSi. The lowest BCUT2D eigenvalue weighted by Crippen LogP contribution is -2.64. The van der Waals surface area contributed by atoms with Crippen LogP contribution in [0.3, 0.4) is 0 Å². The fourth-order valence-electron chi connectivity index (χ4n) is 6.31. The Morgan fingerprint density at radius 1 is 0.341 bits per heavy atom. The molecule has 0 saturated heterocycles. The first-order chi connectivity index (χ1) is 21.2. The van der Waals surface area contributed by atoms with Crippen molar-refractivity contribution in [1.82, 2.24) is 0 Å². The molecule has 0 heterocycles. The van der Waals surface area contributed by atoms with Gasteiger partial charge in [0, 0.05) is 0 Å². The van der Waals surface area contributed by atoms with Crippen molar-refractivity contribution in [2.24, 2.45) is 0 Å². The molecule has 0 radical (unpaired) electrons. The number of hydrogen-bond acceptors (Lipinski definition) is 0. The van der Waals surface area contributed by atoms with Gasteiger partial charge in [-0.3, -0.25) is 0 Å². The first kappa shape index (κ1) is 29.9. The topological polar surface area (TPSA) is 0 Å². The number of rotatable bonds is 6. The number of halogens is 1. The largest absolute Gasteiger partial charge is 0.249 e. The maximum absolute atomic E-state index is 8.69. The summed E-state index contributed by atoms with van der Waals surface area (Å²) in [6, 6.07) is 46.6. The van der Waals surface area contributed by atoms with E-state index < -0.39 is 7.38 Å². The molecule has 218 valence electrons. The molecule has 0 unspecified atom stereocenters. The van der Waals surface area contributed by atoms with Gasteiger partial charge in [0.25, 0.3) is 0 Å². The highest BCUT2D eigenvalue weighted by atomic mass is 35.6. The van der Waals surface area contributed by atoms with Crippen molar-refractivity contribution in [3.8, 4) is 33.4 Å². The van der Waals surface area contributed by atoms with Crippen LogP contribution >= 0.6 is 11.1 Å². The van der Waals surface area contributed by atoms with Gasteiger partial charge < -0.3 is 0 Å². The molecule has 2 heteroatoms. The third-order valence-electron chi connectivity index (χ3n) is 9.27. The summed E-state index contributed by atoms with van der Waals surface area (Å²) in [5.41, 5.74) is 14.8. The zero-order valence-electron chi connectivity index (χ0n) is 26.5. The Labute approximate surface area is 268 Å². The van der Waals surface area contributed by atoms with Crippen molar-refractivity contribution >= 4 is 34.0 Å². The lowest BCUT2D eigenvalue weighted by molar-refractivity contribution is 1.34. The quantitative estimate of drug-likeness (QED) is 0.101. The summed E-state index contributed by atoms with van der Waals surface area (Å²) in [7, 11) is -3.25. The molecule has 6 aromatic rings. The minimum Gasteiger partial charge on any atom is -0.149 e. The van der Waals surface area contributed by atoms with Gasteiger partial charge in [-0.15, -0.1) is 11.1 Å². The second-order valence-electron chi connectivity index (χ2n) is 12.2. The molecule has 0 nitrogen and oxygen atoms in total. The first-order valence-electron chi connectivity index (χ1n) is 15.4. The number of benzene rings is 6. The van der Waals surface area contributed by atoms with Gasteiger partial charge in [0.15, 0.2) is 0 Å². The highest BCUT2D eigenvalue weighted by molar-refractivity contribution is 7.41. The van der Waals surface area contributed by atoms with Crippen molar-refractivity contribution in [1.29, 1.82) is 0 Å². The minimum absolute atomic E-state index is 1.19. The van der Waals surface area contributed by atoms with Crippen LogP contribution in [0.25, 0.3) is 33.4 Å². The van der Waals surface area contributed by atoms with Crippen LogP contribution in [0, 0.1) is 41.5 Å². The van der Waals surface area contributed by atoms with E-state index in [0.717, 1.165) is 0 Å². The van der Waals surface area contributed by atoms with Crippen LogP contribution in [0.2, 0.25) is 0 Å². The Kier molecular flexibility index (Phi) is 8.20. The molecule has 0 atom stereocenters. The molecule has 0 amide bonds. The Balaban J connectivity index is 1.83. The van der Waals surface area contributed by atoms with E-state index in [1.807, 2.05) is 0 Å². The van der Waals surface area contributed by atoms with Gasteiger partial charge in [-0.25, -0.2) is 0 Å². The maximum atomic E-state index is 8.69. The molecular weight excluding hydrogens is 568 g/mol. The smallest absolute Gasteiger partial charge is 0.149 e. The number of hydrogen-bond donors (Lipinski definition) is 0. The highest BCUT2D eigenvalue weighted by Crippen LogP contribution is 2.33. The lowest BCUT2D eigenvalue weighted by atomic mass is 9.99. The van der Waals surface area contributed by atoms with Crippen molar-refractivity contribution in [2.45, 2.75) is 41.5 Å². The summed E-state index contributed by atoms with van der Waals surface area (Å²) in [6.07, 6.45) is 0. The van der Waals surface area contributed by atoms with Crippen LogP contribution in [-0.2, 0) is 0 Å². The molecule has 0 N–H and O–H groups in total. The fourth-order valence-corrected chi connectivity index (χ4v) is 11.6. The molecule has 0 aliphatic heterocycles. The van der Waals surface area contributed by atoms with E-state index in [-0.39, 0.29) is 0 Å². The highest BCUT2D eigenvalue weighted by Gasteiger charge is 2.44. The van der Waals surface area contributed by atoms with Gasteiger partial charge in [-0.05, 0) is 124 Å². The predicted molar refractivity (Wildman–Crippen MR) is 195 cm³/mol. The molecule has 0 aliphatic rings. The summed E-state index contributed by atoms with van der Waals surface area (Å²) in [5.74, 6) is 0. The fraction of sp³-hybridized carbons (Fsp3) is 0.143. The molecule has 6 aromatic carbocycles. The third-order valence-corrected chi connectivity index (χ3v) is 14.6. The first-order valence-corrected chi connectivity index (χ1v) is 18.4. The van der Waals surface area contributed by atoms with Crippen LogP contribution in [0.4, 0.5) is 0 Å². The van der Waals surface area contributed by atoms with Crippen molar-refractivity contribution in [3.05, 3.63) is 161 Å².